The van der Waals surface area contributed by atoms with Crippen LogP contribution < -0.4 is 5.32 Å². The first-order valence-corrected chi connectivity index (χ1v) is 34.2. The van der Waals surface area contributed by atoms with Crippen molar-refractivity contribution >= 4 is 165 Å². The average molecular weight is 1550 g/mol. The maximum absolute atomic E-state index is 14.0. The fraction of sp³-hybridized carbons (Fsp3) is 0.533. The topological polar surface area (TPSA) is 160 Å². The van der Waals surface area contributed by atoms with Gasteiger partial charge in [-0.3, -0.25) is 22.9 Å². The van der Waals surface area contributed by atoms with Crippen LogP contribution in [0.2, 0.25) is 20.1 Å². The van der Waals surface area contributed by atoms with Gasteiger partial charge < -0.3 is 34.8 Å². The van der Waals surface area contributed by atoms with Gasteiger partial charge in [0.1, 0.15) is 5.60 Å². The summed E-state index contributed by atoms with van der Waals surface area (Å²) in [6.45, 7) is 8.63. The van der Waals surface area contributed by atoms with E-state index in [0.29, 0.717) is 72.6 Å². The Morgan fingerprint density at radius 1 is 0.613 bits per heavy atom. The molecule has 3 amide bonds. The molecule has 4 heterocycles. The van der Waals surface area contributed by atoms with Crippen LogP contribution in [0.1, 0.15) is 92.7 Å². The van der Waals surface area contributed by atoms with Crippen LogP contribution >= 0.6 is 120 Å². The predicted octanol–water partition coefficient (Wildman–Crippen LogP) is 14.6. The minimum Gasteiger partial charge on any atom is -0.475 e. The molecule has 2 saturated heterocycles. The van der Waals surface area contributed by atoms with Gasteiger partial charge in [-0.05, 0) is 173 Å². The minimum absolute atomic E-state index is 0. The number of carboxylic acid groups (broad SMARTS) is 1. The number of rotatable bonds is 16. The lowest BCUT2D eigenvalue weighted by Gasteiger charge is -2.46. The van der Waals surface area contributed by atoms with Gasteiger partial charge in [0.15, 0.2) is 0 Å². The number of nitrogens with zero attached hydrogens (tertiary/aromatic N) is 5. The summed E-state index contributed by atoms with van der Waals surface area (Å²) in [5.41, 5.74) is 2.74. The number of likely N-dealkylation sites (N-methyl/N-ethyl adjacent to an activating group) is 4. The molecule has 0 bridgehead atoms. The second-order valence-corrected chi connectivity index (χ2v) is 30.3. The monoisotopic (exact) mass is 1550 g/mol. The number of nitrogens with one attached hydrogen (secondary N) is 1. The Labute approximate surface area is 596 Å². The predicted molar refractivity (Wildman–Crippen MR) is 368 cm³/mol. The molecule has 14 nitrogen and oxygen atoms in total. The molecule has 0 saturated carbocycles. The van der Waals surface area contributed by atoms with Gasteiger partial charge in [-0.2, -0.15) is 57.7 Å². The number of benzene rings is 4. The van der Waals surface area contributed by atoms with Crippen LogP contribution in [0.3, 0.4) is 0 Å². The first kappa shape index (κ1) is 84.5. The van der Waals surface area contributed by atoms with Crippen molar-refractivity contribution in [3.63, 3.8) is 0 Å². The van der Waals surface area contributed by atoms with E-state index in [9.17, 15) is 53.5 Å². The number of aliphatic carboxylic acids is 1. The lowest BCUT2D eigenvalue weighted by atomic mass is 9.83. The van der Waals surface area contributed by atoms with Gasteiger partial charge in [0.05, 0.1) is 46.0 Å². The van der Waals surface area contributed by atoms with E-state index in [-0.39, 0.29) is 66.6 Å². The van der Waals surface area contributed by atoms with Gasteiger partial charge in [0, 0.05) is 80.4 Å². The van der Waals surface area contributed by atoms with E-state index < -0.39 is 83.8 Å². The number of ether oxygens (including phenoxy) is 1. The van der Waals surface area contributed by atoms with Crippen LogP contribution in [0.5, 0.6) is 0 Å². The van der Waals surface area contributed by atoms with Crippen molar-refractivity contribution in [3.05, 3.63) is 138 Å². The van der Waals surface area contributed by atoms with Crippen molar-refractivity contribution in [2.45, 2.75) is 114 Å². The largest absolute Gasteiger partial charge is 0.490 e. The molecule has 0 radical (unpaired) electrons. The zero-order chi connectivity index (χ0) is 68.5. The van der Waals surface area contributed by atoms with E-state index >= 15 is 0 Å². The molecule has 4 aliphatic rings. The van der Waals surface area contributed by atoms with Gasteiger partial charge in [0.2, 0.25) is 0 Å². The Bertz CT molecular complexity index is 3270. The van der Waals surface area contributed by atoms with E-state index in [1.54, 1.807) is 64.2 Å². The molecule has 522 valence electrons. The van der Waals surface area contributed by atoms with Crippen LogP contribution in [0, 0.1) is 0 Å². The third kappa shape index (κ3) is 21.2. The minimum atomic E-state index is -5.08. The van der Waals surface area contributed by atoms with E-state index in [1.165, 1.54) is 37.2 Å². The van der Waals surface area contributed by atoms with Gasteiger partial charge in [-0.25, -0.2) is 9.59 Å². The SMILES string of the molecule is CN(CC(CCN1CCC2(CC1)c1ccccc1CS2=O)(c1ccc(Cl)c(Cl)c1)N(C)C(=O)OC(C)(C)C)C(=O)C(F)(F)Cl.CNC(CCN1CCC2(CC1)c1ccccc1CS2=O)(CN(C)C(=O)C(F)(F)Cl)c1ccc(Cl)c(Cl)c1.ClCCl.O=C(O)C(F)(F)F.S.S. The smallest absolute Gasteiger partial charge is 0.475 e. The summed E-state index contributed by atoms with van der Waals surface area (Å²) < 4.78 is 118. The lowest BCUT2D eigenvalue weighted by Crippen LogP contribution is -2.57. The lowest BCUT2D eigenvalue weighted by molar-refractivity contribution is -0.192. The number of likely N-dealkylation sites (tertiary alicyclic amines) is 2. The molecular formula is C60H75Cl8F7N6O8S4. The van der Waals surface area contributed by atoms with Crippen molar-refractivity contribution in [2.24, 2.45) is 0 Å². The number of hydrogen-bond acceptors (Lipinski definition) is 10. The van der Waals surface area contributed by atoms with Gasteiger partial charge >= 0.3 is 40.8 Å². The molecule has 4 aromatic rings. The Kier molecular flexibility index (Phi) is 31.7. The highest BCUT2D eigenvalue weighted by Crippen LogP contribution is 2.49. The highest BCUT2D eigenvalue weighted by atomic mass is 35.5. The zero-order valence-electron chi connectivity index (χ0n) is 51.6. The first-order valence-electron chi connectivity index (χ1n) is 28.2. The average Bonchev–Trinajstić information content (AvgIpc) is 1.69. The second-order valence-electron chi connectivity index (χ2n) is 23.3. The summed E-state index contributed by atoms with van der Waals surface area (Å²) in [6, 6.07) is 26.2. The van der Waals surface area contributed by atoms with Crippen molar-refractivity contribution in [1.82, 2.24) is 29.8 Å². The molecule has 2 N–H and O–H groups in total. The fourth-order valence-corrected chi connectivity index (χ4v) is 16.5. The Hall–Kier alpha value is -2.73. The molecule has 33 heteroatoms. The molecule has 0 aromatic heterocycles. The van der Waals surface area contributed by atoms with E-state index in [2.05, 4.69) is 33.3 Å². The summed E-state index contributed by atoms with van der Waals surface area (Å²) in [5.74, 6) is -4.70. The van der Waals surface area contributed by atoms with Crippen molar-refractivity contribution in [1.29, 1.82) is 0 Å². The highest BCUT2D eigenvalue weighted by molar-refractivity contribution is 7.85. The standard InChI is InChI=1S/C31H38Cl3F2N3O4S.C26H30Cl3F2N3O2S.C2HF3O2.CH2Cl2.2H2S/c1-28(2,3)43-27(41)38(5)29(20-37(4)26(40)31(34,35)36,22-10-11-24(32)25(33)18-22)12-15-39-16-13-30(14-17-39)23-9-7-6-8-21(23)19-44(30)42;1-32-24(17-33(2)23(35)26(29,30)31,19-7-8-21(27)22(28)15-19)9-12-34-13-10-25(11-14-34)20-6-4-3-5-18(20)16-37(25)36;3-2(4,5)1(6)7;2-1-3;;/h6-11,18H,12-17,19-20H2,1-5H3;3-8,15,32H,9-14,16-17H2,1-2H3;(H,6,7);1H2;2*1H2. The first-order chi connectivity index (χ1) is 42.2. The van der Waals surface area contributed by atoms with Crippen molar-refractivity contribution < 1.29 is 68.2 Å². The molecule has 8 rings (SSSR count). The molecular weight excluding hydrogens is 1480 g/mol. The highest BCUT2D eigenvalue weighted by Gasteiger charge is 2.51. The van der Waals surface area contributed by atoms with E-state index in [1.807, 2.05) is 30.3 Å². The number of fused-ring (bicyclic) bond motifs is 4. The van der Waals surface area contributed by atoms with Crippen LogP contribution in [0.4, 0.5) is 35.5 Å². The van der Waals surface area contributed by atoms with E-state index in [4.69, 9.17) is 107 Å². The molecule has 93 heavy (non-hydrogen) atoms. The molecule has 4 atom stereocenters. The number of carbonyl (C=O) groups excluding carboxylic acids is 3. The summed E-state index contributed by atoms with van der Waals surface area (Å²) >= 11 is 44.8. The Morgan fingerprint density at radius 3 is 1.34 bits per heavy atom. The fourth-order valence-electron chi connectivity index (χ4n) is 11.9. The second kappa shape index (κ2) is 34.9. The van der Waals surface area contributed by atoms with Gasteiger partial charge in [0.25, 0.3) is 0 Å². The number of carbonyl (C=O) groups is 4. The van der Waals surface area contributed by atoms with Gasteiger partial charge in [-0.1, -0.05) is 107 Å². The number of halogens is 15. The quantitative estimate of drug-likeness (QED) is 0.0812. The van der Waals surface area contributed by atoms with E-state index in [0.717, 1.165) is 52.4 Å². The third-order valence-corrected chi connectivity index (χ3v) is 22.6. The molecule has 2 fully saturated rings. The zero-order valence-corrected chi connectivity index (χ0v) is 61.3. The number of hydrogen-bond donors (Lipinski definition) is 2. The van der Waals surface area contributed by atoms with Crippen LogP contribution in [-0.4, -0.2) is 170 Å². The normalized spacial score (nSPS) is 18.7. The van der Waals surface area contributed by atoms with Crippen LogP contribution in [0.25, 0.3) is 0 Å². The summed E-state index contributed by atoms with van der Waals surface area (Å²) in [4.78, 5) is 54.9. The summed E-state index contributed by atoms with van der Waals surface area (Å²) in [5, 5.41) is 3.62. The maximum Gasteiger partial charge on any atom is 0.490 e. The number of carboxylic acids is 1. The van der Waals surface area contributed by atoms with Crippen LogP contribution in [-0.2, 0) is 72.8 Å². The molecule has 2 spiro atoms. The molecule has 0 aliphatic carbocycles. The van der Waals surface area contributed by atoms with Crippen LogP contribution in [0.15, 0.2) is 84.9 Å². The third-order valence-electron chi connectivity index (χ3n) is 16.6. The Balaban J connectivity index is 0.000000419. The molecule has 4 unspecified atom stereocenters. The molecule has 4 aliphatic heterocycles. The number of amides is 3. The summed E-state index contributed by atoms with van der Waals surface area (Å²) in [7, 11) is 3.77. The number of alkyl halides is 11. The van der Waals surface area contributed by atoms with Crippen molar-refractivity contribution in [3.8, 4) is 0 Å². The summed E-state index contributed by atoms with van der Waals surface area (Å²) in [6.07, 6.45) is -2.12. The number of piperidine rings is 2. The van der Waals surface area contributed by atoms with Gasteiger partial charge in [-0.15, -0.1) is 23.2 Å². The maximum atomic E-state index is 14.0. The van der Waals surface area contributed by atoms with Crippen molar-refractivity contribution in [2.75, 3.05) is 85.9 Å². The molecule has 4 aromatic carbocycles. The Morgan fingerprint density at radius 2 is 0.978 bits per heavy atom.